The number of benzene rings is 3. The number of piperidine rings is 1. The van der Waals surface area contributed by atoms with Crippen molar-refractivity contribution in [2.24, 2.45) is 5.92 Å². The molecule has 3 amide bonds. The number of anilines is 3. The van der Waals surface area contributed by atoms with E-state index in [1.807, 2.05) is 55.5 Å². The molecule has 1 saturated heterocycles. The quantitative estimate of drug-likeness (QED) is 0.464. The summed E-state index contributed by atoms with van der Waals surface area (Å²) in [7, 11) is 1.59. The third-order valence-corrected chi connectivity index (χ3v) is 6.44. The van der Waals surface area contributed by atoms with Gasteiger partial charge in [-0.05, 0) is 49.7 Å². The average molecular weight is 486 g/mol. The summed E-state index contributed by atoms with van der Waals surface area (Å²) >= 11 is 0. The molecular formula is C29H31N3O4. The number of carbonyl (C=O) groups is 3. The van der Waals surface area contributed by atoms with Gasteiger partial charge in [0.15, 0.2) is 0 Å². The Balaban J connectivity index is 1.70. The van der Waals surface area contributed by atoms with Crippen molar-refractivity contribution in [1.29, 1.82) is 0 Å². The Labute approximate surface area is 211 Å². The number of methoxy groups -OCH3 is 1. The summed E-state index contributed by atoms with van der Waals surface area (Å²) in [5, 5.41) is 5.82. The molecule has 0 radical (unpaired) electrons. The van der Waals surface area contributed by atoms with E-state index in [4.69, 9.17) is 4.74 Å². The van der Waals surface area contributed by atoms with Gasteiger partial charge in [-0.2, -0.15) is 0 Å². The Morgan fingerprint density at radius 3 is 2.36 bits per heavy atom. The minimum Gasteiger partial charge on any atom is -0.496 e. The number of para-hydroxylation sites is 1. The Hall–Kier alpha value is -4.13. The summed E-state index contributed by atoms with van der Waals surface area (Å²) in [4.78, 5) is 40.5. The molecule has 1 aliphatic rings. The summed E-state index contributed by atoms with van der Waals surface area (Å²) in [5.41, 5.74) is 3.79. The van der Waals surface area contributed by atoms with Crippen LogP contribution >= 0.6 is 0 Å². The average Bonchev–Trinajstić information content (AvgIpc) is 2.89. The smallest absolute Gasteiger partial charge is 0.229 e. The van der Waals surface area contributed by atoms with E-state index in [0.717, 1.165) is 16.8 Å². The first-order chi connectivity index (χ1) is 17.4. The van der Waals surface area contributed by atoms with Gasteiger partial charge in [0.1, 0.15) is 5.75 Å². The maximum Gasteiger partial charge on any atom is 0.229 e. The standard InChI is InChI=1S/C29H31N3O4/c1-4-26(33)30-20-8-7-9-21(18-20)31-29(35)24-16-17-27(34)32(22-14-12-19(2)13-15-22)28(24)23-10-5-6-11-25(23)36-3/h5-15,18,24,28H,4,16-17H2,1-3H3,(H,30,33)(H,31,35). The molecule has 0 aromatic heterocycles. The molecule has 0 saturated carbocycles. The second-order valence-corrected chi connectivity index (χ2v) is 8.90. The lowest BCUT2D eigenvalue weighted by Gasteiger charge is -2.41. The highest BCUT2D eigenvalue weighted by Gasteiger charge is 2.42. The van der Waals surface area contributed by atoms with Crippen LogP contribution in [-0.4, -0.2) is 24.8 Å². The first-order valence-electron chi connectivity index (χ1n) is 12.1. The molecule has 3 aromatic carbocycles. The maximum atomic E-state index is 13.7. The van der Waals surface area contributed by atoms with E-state index >= 15 is 0 Å². The van der Waals surface area contributed by atoms with Crippen LogP contribution in [0.5, 0.6) is 5.75 Å². The SMILES string of the molecule is CCC(=O)Nc1cccc(NC(=O)C2CCC(=O)N(c3ccc(C)cc3)C2c2ccccc2OC)c1. The molecule has 1 heterocycles. The molecule has 36 heavy (non-hydrogen) atoms. The third-order valence-electron chi connectivity index (χ3n) is 6.44. The predicted molar refractivity (Wildman–Crippen MR) is 141 cm³/mol. The fourth-order valence-electron chi connectivity index (χ4n) is 4.60. The highest BCUT2D eigenvalue weighted by atomic mass is 16.5. The van der Waals surface area contributed by atoms with E-state index in [-0.39, 0.29) is 24.1 Å². The van der Waals surface area contributed by atoms with Crippen LogP contribution in [0, 0.1) is 12.8 Å². The van der Waals surface area contributed by atoms with Crippen LogP contribution in [0.1, 0.15) is 43.4 Å². The Kier molecular flexibility index (Phi) is 7.68. The van der Waals surface area contributed by atoms with Gasteiger partial charge >= 0.3 is 0 Å². The van der Waals surface area contributed by atoms with Gasteiger partial charge in [0, 0.05) is 35.5 Å². The summed E-state index contributed by atoms with van der Waals surface area (Å²) in [5.74, 6) is -0.239. The molecule has 0 bridgehead atoms. The van der Waals surface area contributed by atoms with Crippen molar-refractivity contribution in [1.82, 2.24) is 0 Å². The number of carbonyl (C=O) groups excluding carboxylic acids is 3. The number of aryl methyl sites for hydroxylation is 1. The Morgan fingerprint density at radius 1 is 0.972 bits per heavy atom. The molecule has 2 atom stereocenters. The van der Waals surface area contributed by atoms with Gasteiger partial charge in [-0.15, -0.1) is 0 Å². The lowest BCUT2D eigenvalue weighted by molar-refractivity contribution is -0.126. The molecule has 186 valence electrons. The van der Waals surface area contributed by atoms with Crippen LogP contribution in [-0.2, 0) is 14.4 Å². The zero-order valence-corrected chi connectivity index (χ0v) is 20.8. The largest absolute Gasteiger partial charge is 0.496 e. The number of ether oxygens (including phenoxy) is 1. The highest BCUT2D eigenvalue weighted by molar-refractivity contribution is 6.01. The van der Waals surface area contributed by atoms with Crippen LogP contribution in [0.3, 0.4) is 0 Å². The first kappa shape index (κ1) is 25.0. The second kappa shape index (κ2) is 11.1. The highest BCUT2D eigenvalue weighted by Crippen LogP contribution is 2.43. The van der Waals surface area contributed by atoms with Crippen molar-refractivity contribution in [3.05, 3.63) is 83.9 Å². The van der Waals surface area contributed by atoms with Gasteiger partial charge < -0.3 is 20.3 Å². The Bertz CT molecular complexity index is 1260. The summed E-state index contributed by atoms with van der Waals surface area (Å²) in [6.07, 6.45) is 1.02. The Morgan fingerprint density at radius 2 is 1.67 bits per heavy atom. The first-order valence-corrected chi connectivity index (χ1v) is 12.1. The monoisotopic (exact) mass is 485 g/mol. The topological polar surface area (TPSA) is 87.7 Å². The fourth-order valence-corrected chi connectivity index (χ4v) is 4.60. The molecule has 1 aliphatic heterocycles. The van der Waals surface area contributed by atoms with E-state index in [1.54, 1.807) is 43.2 Å². The molecule has 7 heteroatoms. The molecule has 0 aliphatic carbocycles. The number of rotatable bonds is 7. The number of hydrogen-bond acceptors (Lipinski definition) is 4. The van der Waals surface area contributed by atoms with Crippen molar-refractivity contribution in [2.45, 2.75) is 39.2 Å². The normalized spacial score (nSPS) is 17.4. The summed E-state index contributed by atoms with van der Waals surface area (Å²) < 4.78 is 5.64. The maximum absolute atomic E-state index is 13.7. The van der Waals surface area contributed by atoms with Crippen LogP contribution in [0.2, 0.25) is 0 Å². The third kappa shape index (κ3) is 5.40. The summed E-state index contributed by atoms with van der Waals surface area (Å²) in [6.45, 7) is 3.77. The van der Waals surface area contributed by atoms with E-state index in [2.05, 4.69) is 10.6 Å². The van der Waals surface area contributed by atoms with Crippen LogP contribution in [0.15, 0.2) is 72.8 Å². The number of nitrogens with one attached hydrogen (secondary N) is 2. The van der Waals surface area contributed by atoms with Crippen molar-refractivity contribution in [3.63, 3.8) is 0 Å². The number of nitrogens with zero attached hydrogens (tertiary/aromatic N) is 1. The van der Waals surface area contributed by atoms with E-state index in [0.29, 0.717) is 30.0 Å². The molecule has 0 spiro atoms. The van der Waals surface area contributed by atoms with Crippen LogP contribution in [0.25, 0.3) is 0 Å². The van der Waals surface area contributed by atoms with Gasteiger partial charge in [-0.3, -0.25) is 14.4 Å². The molecular weight excluding hydrogens is 454 g/mol. The van der Waals surface area contributed by atoms with E-state index < -0.39 is 12.0 Å². The fraction of sp³-hybridized carbons (Fsp3) is 0.276. The van der Waals surface area contributed by atoms with Gasteiger partial charge in [0.05, 0.1) is 19.1 Å². The minimum atomic E-state index is -0.548. The van der Waals surface area contributed by atoms with Gasteiger partial charge in [0.2, 0.25) is 17.7 Å². The summed E-state index contributed by atoms with van der Waals surface area (Å²) in [6, 6.07) is 21.8. The lowest BCUT2D eigenvalue weighted by atomic mass is 9.82. The van der Waals surface area contributed by atoms with Crippen LogP contribution < -0.4 is 20.3 Å². The van der Waals surface area contributed by atoms with Crippen LogP contribution in [0.4, 0.5) is 17.1 Å². The van der Waals surface area contributed by atoms with Gasteiger partial charge in [0.25, 0.3) is 0 Å². The predicted octanol–water partition coefficient (Wildman–Crippen LogP) is 5.48. The van der Waals surface area contributed by atoms with Crippen molar-refractivity contribution < 1.29 is 19.1 Å². The van der Waals surface area contributed by atoms with Gasteiger partial charge in [-0.25, -0.2) is 0 Å². The molecule has 7 nitrogen and oxygen atoms in total. The van der Waals surface area contributed by atoms with Crippen molar-refractivity contribution in [3.8, 4) is 5.75 Å². The molecule has 2 unspecified atom stereocenters. The molecule has 1 fully saturated rings. The van der Waals surface area contributed by atoms with E-state index in [9.17, 15) is 14.4 Å². The van der Waals surface area contributed by atoms with Gasteiger partial charge in [-0.1, -0.05) is 48.9 Å². The zero-order valence-electron chi connectivity index (χ0n) is 20.8. The molecule has 3 aromatic rings. The van der Waals surface area contributed by atoms with Crippen molar-refractivity contribution in [2.75, 3.05) is 22.6 Å². The number of hydrogen-bond donors (Lipinski definition) is 2. The van der Waals surface area contributed by atoms with Crippen molar-refractivity contribution >= 4 is 34.8 Å². The van der Waals surface area contributed by atoms with E-state index in [1.165, 1.54) is 0 Å². The lowest BCUT2D eigenvalue weighted by Crippen LogP contribution is -2.47. The number of amides is 3. The second-order valence-electron chi connectivity index (χ2n) is 8.90. The molecule has 4 rings (SSSR count). The zero-order chi connectivity index (χ0) is 25.7. The minimum absolute atomic E-state index is 0.0388. The molecule has 2 N–H and O–H groups in total.